The van der Waals surface area contributed by atoms with Crippen LogP contribution in [0.2, 0.25) is 0 Å². The number of amides is 3. The number of methoxy groups -OCH3 is 1. The van der Waals surface area contributed by atoms with Crippen LogP contribution in [-0.2, 0) is 9.59 Å². The van der Waals surface area contributed by atoms with E-state index < -0.39 is 23.4 Å². The third kappa shape index (κ3) is 6.22. The van der Waals surface area contributed by atoms with E-state index in [0.29, 0.717) is 17.0 Å². The van der Waals surface area contributed by atoms with Gasteiger partial charge in [0.2, 0.25) is 11.8 Å². The Balaban J connectivity index is 2.00. The number of pyridine rings is 1. The van der Waals surface area contributed by atoms with Gasteiger partial charge in [0.25, 0.3) is 5.91 Å². The Hall–Kier alpha value is -4.14. The molecule has 34 heavy (non-hydrogen) atoms. The molecule has 0 aliphatic rings. The number of nitrogens with one attached hydrogen (secondary N) is 2. The minimum absolute atomic E-state index is 0.0833. The van der Waals surface area contributed by atoms with Crippen LogP contribution in [0.5, 0.6) is 5.75 Å². The summed E-state index contributed by atoms with van der Waals surface area (Å²) in [5.74, 6) is -0.717. The highest BCUT2D eigenvalue weighted by atomic mass is 16.5. The van der Waals surface area contributed by atoms with Gasteiger partial charge >= 0.3 is 0 Å². The second kappa shape index (κ2) is 10.7. The molecule has 1 atom stereocenters. The van der Waals surface area contributed by atoms with Gasteiger partial charge < -0.3 is 19.8 Å². The predicted octanol–water partition coefficient (Wildman–Crippen LogP) is 3.10. The molecule has 3 rings (SSSR count). The monoisotopic (exact) mass is 464 g/mol. The predicted molar refractivity (Wildman–Crippen MR) is 126 cm³/mol. The van der Waals surface area contributed by atoms with Gasteiger partial charge in [-0.25, -0.2) is 0 Å². The van der Waals surface area contributed by atoms with Gasteiger partial charge in [0, 0.05) is 23.6 Å². The molecule has 2 heterocycles. The maximum absolute atomic E-state index is 13.5. The molecule has 3 amide bonds. The number of ether oxygens (including phenoxy) is 1. The zero-order chi connectivity index (χ0) is 24.7. The molecule has 178 valence electrons. The number of furan rings is 1. The number of nitrogens with zero attached hydrogens (tertiary/aromatic N) is 2. The fourth-order valence-electron chi connectivity index (χ4n) is 3.32. The van der Waals surface area contributed by atoms with E-state index in [-0.39, 0.29) is 18.2 Å². The van der Waals surface area contributed by atoms with Crippen LogP contribution in [0.25, 0.3) is 0 Å². The normalized spacial score (nSPS) is 11.9. The van der Waals surface area contributed by atoms with Crippen molar-refractivity contribution in [2.24, 2.45) is 0 Å². The summed E-state index contributed by atoms with van der Waals surface area (Å²) >= 11 is 0. The lowest BCUT2D eigenvalue weighted by molar-refractivity contribution is -0.127. The number of rotatable bonds is 8. The molecule has 9 heteroatoms. The third-order valence-electron chi connectivity index (χ3n) is 4.79. The summed E-state index contributed by atoms with van der Waals surface area (Å²) in [6, 6.07) is 12.2. The zero-order valence-corrected chi connectivity index (χ0v) is 19.6. The first-order chi connectivity index (χ1) is 16.2. The van der Waals surface area contributed by atoms with Crippen molar-refractivity contribution >= 4 is 23.4 Å². The largest absolute Gasteiger partial charge is 0.497 e. The van der Waals surface area contributed by atoms with Gasteiger partial charge in [-0.05, 0) is 74.9 Å². The van der Waals surface area contributed by atoms with Crippen LogP contribution in [-0.4, -0.2) is 41.9 Å². The van der Waals surface area contributed by atoms with Crippen molar-refractivity contribution in [3.8, 4) is 5.75 Å². The Labute approximate surface area is 198 Å². The molecular formula is C25H28N4O5. The molecule has 2 N–H and O–H groups in total. The highest BCUT2D eigenvalue weighted by Crippen LogP contribution is 2.30. The highest BCUT2D eigenvalue weighted by molar-refractivity contribution is 6.04. The topological polar surface area (TPSA) is 114 Å². The van der Waals surface area contributed by atoms with Gasteiger partial charge in [0.05, 0.1) is 19.9 Å². The summed E-state index contributed by atoms with van der Waals surface area (Å²) in [5, 5.41) is 5.51. The first kappa shape index (κ1) is 24.5. The van der Waals surface area contributed by atoms with Gasteiger partial charge in [0.1, 0.15) is 11.8 Å². The second-order valence-corrected chi connectivity index (χ2v) is 8.54. The first-order valence-corrected chi connectivity index (χ1v) is 10.7. The average molecular weight is 465 g/mol. The quantitative estimate of drug-likeness (QED) is 0.530. The summed E-state index contributed by atoms with van der Waals surface area (Å²) in [4.78, 5) is 44.7. The fourth-order valence-corrected chi connectivity index (χ4v) is 3.32. The fraction of sp³-hybridized carbons (Fsp3) is 0.280. The number of benzene rings is 1. The van der Waals surface area contributed by atoms with Crippen molar-refractivity contribution in [1.29, 1.82) is 0 Å². The molecule has 9 nitrogen and oxygen atoms in total. The maximum atomic E-state index is 13.5. The Bertz CT molecular complexity index is 1110. The van der Waals surface area contributed by atoms with Gasteiger partial charge in [-0.3, -0.25) is 24.3 Å². The summed E-state index contributed by atoms with van der Waals surface area (Å²) < 4.78 is 10.3. The van der Waals surface area contributed by atoms with Crippen molar-refractivity contribution in [3.63, 3.8) is 0 Å². The van der Waals surface area contributed by atoms with Crippen LogP contribution in [0.4, 0.5) is 5.69 Å². The van der Waals surface area contributed by atoms with Gasteiger partial charge in [0.15, 0.2) is 5.76 Å². The second-order valence-electron chi connectivity index (χ2n) is 8.54. The molecule has 0 bridgehead atoms. The molecule has 0 radical (unpaired) electrons. The summed E-state index contributed by atoms with van der Waals surface area (Å²) in [7, 11) is 1.54. The molecule has 2 aromatic heterocycles. The van der Waals surface area contributed by atoms with E-state index in [2.05, 4.69) is 15.6 Å². The van der Waals surface area contributed by atoms with E-state index in [0.717, 1.165) is 0 Å². The molecule has 1 unspecified atom stereocenters. The molecule has 3 aromatic rings. The van der Waals surface area contributed by atoms with Crippen LogP contribution < -0.4 is 20.3 Å². The number of aromatic nitrogens is 1. The number of carbonyl (C=O) groups excluding carboxylic acids is 3. The first-order valence-electron chi connectivity index (χ1n) is 10.7. The van der Waals surface area contributed by atoms with E-state index in [1.54, 1.807) is 62.0 Å². The average Bonchev–Trinajstić information content (AvgIpc) is 3.35. The number of hydrogen-bond acceptors (Lipinski definition) is 6. The lowest BCUT2D eigenvalue weighted by atomic mass is 10.0. The molecule has 1 aromatic carbocycles. The lowest BCUT2D eigenvalue weighted by Gasteiger charge is -2.33. The molecule has 0 aliphatic carbocycles. The van der Waals surface area contributed by atoms with E-state index in [1.165, 1.54) is 17.2 Å². The molecule has 0 saturated heterocycles. The zero-order valence-electron chi connectivity index (χ0n) is 19.6. The molecular weight excluding hydrogens is 436 g/mol. The van der Waals surface area contributed by atoms with E-state index >= 15 is 0 Å². The summed E-state index contributed by atoms with van der Waals surface area (Å²) in [6.07, 6.45) is 4.49. The molecule has 0 aliphatic heterocycles. The highest BCUT2D eigenvalue weighted by Gasteiger charge is 2.34. The molecule has 0 saturated carbocycles. The van der Waals surface area contributed by atoms with Gasteiger partial charge in [-0.1, -0.05) is 0 Å². The van der Waals surface area contributed by atoms with Crippen molar-refractivity contribution < 1.29 is 23.5 Å². The number of carbonyl (C=O) groups is 3. The SMILES string of the molecule is COc1ccc(N(C(=O)CNC(=O)c2ccco2)C(C(=O)NC(C)(C)C)c2ccncc2)cc1. The Morgan fingerprint density at radius 1 is 1.06 bits per heavy atom. The van der Waals surface area contributed by atoms with Crippen molar-refractivity contribution in [2.75, 3.05) is 18.6 Å². The van der Waals surface area contributed by atoms with Crippen molar-refractivity contribution in [1.82, 2.24) is 15.6 Å². The van der Waals surface area contributed by atoms with Crippen LogP contribution in [0.3, 0.4) is 0 Å². The van der Waals surface area contributed by atoms with Crippen LogP contribution >= 0.6 is 0 Å². The summed E-state index contributed by atoms with van der Waals surface area (Å²) in [6.45, 7) is 5.23. The van der Waals surface area contributed by atoms with E-state index in [9.17, 15) is 14.4 Å². The van der Waals surface area contributed by atoms with Gasteiger partial charge in [-0.15, -0.1) is 0 Å². The molecule has 0 fully saturated rings. The standard InChI is InChI=1S/C25H28N4O5/c1-25(2,3)28-24(32)22(17-11-13-26-14-12-17)29(18-7-9-19(33-4)10-8-18)21(30)16-27-23(31)20-6-5-15-34-20/h5-15,22H,16H2,1-4H3,(H,27,31)(H,28,32). The maximum Gasteiger partial charge on any atom is 0.287 e. The van der Waals surface area contributed by atoms with Crippen molar-refractivity contribution in [2.45, 2.75) is 32.4 Å². The Morgan fingerprint density at radius 3 is 2.29 bits per heavy atom. The van der Waals surface area contributed by atoms with Gasteiger partial charge in [-0.2, -0.15) is 0 Å². The molecule has 0 spiro atoms. The van der Waals surface area contributed by atoms with E-state index in [1.807, 2.05) is 20.8 Å². The van der Waals surface area contributed by atoms with Crippen LogP contribution in [0.1, 0.15) is 42.9 Å². The van der Waals surface area contributed by atoms with Crippen molar-refractivity contribution in [3.05, 3.63) is 78.5 Å². The Morgan fingerprint density at radius 2 is 1.74 bits per heavy atom. The minimum Gasteiger partial charge on any atom is -0.497 e. The van der Waals surface area contributed by atoms with Crippen LogP contribution in [0.15, 0.2) is 71.6 Å². The lowest BCUT2D eigenvalue weighted by Crippen LogP contribution is -2.51. The van der Waals surface area contributed by atoms with E-state index in [4.69, 9.17) is 9.15 Å². The number of hydrogen-bond donors (Lipinski definition) is 2. The minimum atomic E-state index is -1.01. The Kier molecular flexibility index (Phi) is 7.68. The van der Waals surface area contributed by atoms with Crippen LogP contribution in [0, 0.1) is 0 Å². The smallest absolute Gasteiger partial charge is 0.287 e. The third-order valence-corrected chi connectivity index (χ3v) is 4.79. The summed E-state index contributed by atoms with van der Waals surface area (Å²) in [5.41, 5.74) is 0.493. The number of anilines is 1.